The van der Waals surface area contributed by atoms with Crippen LogP contribution >= 0.6 is 11.3 Å². The van der Waals surface area contributed by atoms with Crippen molar-refractivity contribution < 1.29 is 9.53 Å². The highest BCUT2D eigenvalue weighted by atomic mass is 32.1. The number of thiophene rings is 1. The Bertz CT molecular complexity index is 1020. The van der Waals surface area contributed by atoms with Crippen LogP contribution in [-0.4, -0.2) is 39.9 Å². The molecular weight excluding hydrogens is 372 g/mol. The second kappa shape index (κ2) is 7.64. The molecule has 1 aliphatic heterocycles. The van der Waals surface area contributed by atoms with Crippen molar-refractivity contribution in [3.8, 4) is 11.3 Å². The summed E-state index contributed by atoms with van der Waals surface area (Å²) >= 11 is 1.74. The molecule has 0 saturated carbocycles. The van der Waals surface area contributed by atoms with Crippen LogP contribution in [0.3, 0.4) is 0 Å². The van der Waals surface area contributed by atoms with Gasteiger partial charge in [0.15, 0.2) is 5.65 Å². The summed E-state index contributed by atoms with van der Waals surface area (Å²) in [7, 11) is 0. The average Bonchev–Trinajstić information content (AvgIpc) is 3.38. The van der Waals surface area contributed by atoms with Gasteiger partial charge in [0, 0.05) is 34.5 Å². The van der Waals surface area contributed by atoms with Gasteiger partial charge in [0.2, 0.25) is 0 Å². The fraction of sp³-hybridized carbons (Fsp3) is 0.476. The van der Waals surface area contributed by atoms with E-state index < -0.39 is 0 Å². The number of aryl methyl sites for hydroxylation is 2. The second-order valence-corrected chi connectivity index (χ2v) is 9.11. The molecule has 28 heavy (non-hydrogen) atoms. The first-order chi connectivity index (χ1) is 13.4. The predicted molar refractivity (Wildman–Crippen MR) is 112 cm³/mol. The zero-order chi connectivity index (χ0) is 19.8. The van der Waals surface area contributed by atoms with E-state index in [2.05, 4.69) is 44.2 Å². The van der Waals surface area contributed by atoms with Crippen LogP contribution in [0.4, 0.5) is 0 Å². The van der Waals surface area contributed by atoms with Crippen molar-refractivity contribution in [3.63, 3.8) is 0 Å². The molecule has 0 aromatic carbocycles. The Morgan fingerprint density at radius 2 is 2.21 bits per heavy atom. The highest BCUT2D eigenvalue weighted by Crippen LogP contribution is 2.32. The van der Waals surface area contributed by atoms with Gasteiger partial charge in [-0.15, -0.1) is 11.3 Å². The Morgan fingerprint density at radius 1 is 1.39 bits per heavy atom. The van der Waals surface area contributed by atoms with E-state index in [4.69, 9.17) is 9.72 Å². The number of nitrogens with zero attached hydrogens (tertiary/aromatic N) is 3. The van der Waals surface area contributed by atoms with E-state index in [1.165, 1.54) is 9.75 Å². The number of hydrogen-bond donors (Lipinski definition) is 1. The number of aromatic nitrogens is 3. The minimum Gasteiger partial charge on any atom is -0.376 e. The molecule has 7 heteroatoms. The van der Waals surface area contributed by atoms with Crippen LogP contribution in [0.25, 0.3) is 22.3 Å². The molecule has 1 fully saturated rings. The lowest BCUT2D eigenvalue weighted by atomic mass is 10.1. The number of rotatable bonds is 5. The van der Waals surface area contributed by atoms with Crippen molar-refractivity contribution in [2.24, 2.45) is 0 Å². The molecule has 0 unspecified atom stereocenters. The van der Waals surface area contributed by atoms with Crippen LogP contribution in [0.1, 0.15) is 52.8 Å². The van der Waals surface area contributed by atoms with Gasteiger partial charge in [-0.25, -0.2) is 9.67 Å². The fourth-order valence-corrected chi connectivity index (χ4v) is 4.65. The molecule has 3 aromatic rings. The number of pyridine rings is 1. The lowest BCUT2D eigenvalue weighted by Crippen LogP contribution is -2.31. The SMILES string of the molecule is Cc1cc(-c2cc(C(=O)NC[C@@H]3CCCO3)c3cnn(C(C)C)c3n2)c(C)s1. The van der Waals surface area contributed by atoms with Gasteiger partial charge in [-0.05, 0) is 52.7 Å². The summed E-state index contributed by atoms with van der Waals surface area (Å²) in [6.45, 7) is 9.63. The van der Waals surface area contributed by atoms with E-state index in [-0.39, 0.29) is 18.1 Å². The summed E-state index contributed by atoms with van der Waals surface area (Å²) in [5.74, 6) is -0.0999. The van der Waals surface area contributed by atoms with Gasteiger partial charge in [0.1, 0.15) is 0 Å². The van der Waals surface area contributed by atoms with Crippen LogP contribution in [0, 0.1) is 13.8 Å². The number of nitrogens with one attached hydrogen (secondary N) is 1. The molecule has 3 aromatic heterocycles. The maximum Gasteiger partial charge on any atom is 0.252 e. The zero-order valence-electron chi connectivity index (χ0n) is 16.8. The first-order valence-electron chi connectivity index (χ1n) is 9.79. The first kappa shape index (κ1) is 19.1. The molecular formula is C21H26N4O2S. The van der Waals surface area contributed by atoms with E-state index in [1.54, 1.807) is 17.5 Å². The molecule has 0 radical (unpaired) electrons. The van der Waals surface area contributed by atoms with Gasteiger partial charge in [-0.2, -0.15) is 5.10 Å². The van der Waals surface area contributed by atoms with E-state index in [1.807, 2.05) is 10.7 Å². The van der Waals surface area contributed by atoms with Crippen molar-refractivity contribution >= 4 is 28.3 Å². The van der Waals surface area contributed by atoms with Crippen LogP contribution in [0.2, 0.25) is 0 Å². The lowest BCUT2D eigenvalue weighted by molar-refractivity contribution is 0.0859. The van der Waals surface area contributed by atoms with Gasteiger partial charge < -0.3 is 10.1 Å². The lowest BCUT2D eigenvalue weighted by Gasteiger charge is -2.13. The summed E-state index contributed by atoms with van der Waals surface area (Å²) in [6, 6.07) is 4.19. The van der Waals surface area contributed by atoms with Crippen LogP contribution < -0.4 is 5.32 Å². The maximum absolute atomic E-state index is 13.0. The Labute approximate surface area is 168 Å². The summed E-state index contributed by atoms with van der Waals surface area (Å²) in [5, 5.41) is 8.32. The van der Waals surface area contributed by atoms with Crippen LogP contribution in [0.15, 0.2) is 18.3 Å². The van der Waals surface area contributed by atoms with E-state index >= 15 is 0 Å². The fourth-order valence-electron chi connectivity index (χ4n) is 3.71. The largest absolute Gasteiger partial charge is 0.376 e. The third-order valence-corrected chi connectivity index (χ3v) is 6.10. The van der Waals surface area contributed by atoms with Gasteiger partial charge in [0.25, 0.3) is 5.91 Å². The molecule has 4 rings (SSSR count). The number of carbonyl (C=O) groups is 1. The molecule has 1 saturated heterocycles. The zero-order valence-corrected chi connectivity index (χ0v) is 17.6. The highest BCUT2D eigenvalue weighted by molar-refractivity contribution is 7.12. The number of amides is 1. The molecule has 0 spiro atoms. The monoisotopic (exact) mass is 398 g/mol. The third-order valence-electron chi connectivity index (χ3n) is 5.13. The topological polar surface area (TPSA) is 69.0 Å². The summed E-state index contributed by atoms with van der Waals surface area (Å²) in [6.07, 6.45) is 3.91. The molecule has 1 amide bonds. The molecule has 4 heterocycles. The molecule has 0 bridgehead atoms. The van der Waals surface area contributed by atoms with Gasteiger partial charge in [-0.1, -0.05) is 0 Å². The molecule has 148 valence electrons. The van der Waals surface area contributed by atoms with Crippen LogP contribution in [-0.2, 0) is 4.74 Å². The molecule has 1 N–H and O–H groups in total. The quantitative estimate of drug-likeness (QED) is 0.697. The van der Waals surface area contributed by atoms with Crippen molar-refractivity contribution in [1.82, 2.24) is 20.1 Å². The first-order valence-corrected chi connectivity index (χ1v) is 10.6. The molecule has 6 nitrogen and oxygen atoms in total. The highest BCUT2D eigenvalue weighted by Gasteiger charge is 2.21. The number of hydrogen-bond acceptors (Lipinski definition) is 5. The summed E-state index contributed by atoms with van der Waals surface area (Å²) in [5.41, 5.74) is 3.26. The maximum atomic E-state index is 13.0. The van der Waals surface area contributed by atoms with Gasteiger partial charge >= 0.3 is 0 Å². The molecule has 1 aliphatic rings. The number of ether oxygens (including phenoxy) is 1. The third kappa shape index (κ3) is 3.56. The smallest absolute Gasteiger partial charge is 0.252 e. The number of carbonyl (C=O) groups excluding carboxylic acids is 1. The Balaban J connectivity index is 1.77. The summed E-state index contributed by atoms with van der Waals surface area (Å²) < 4.78 is 7.51. The van der Waals surface area contributed by atoms with Crippen molar-refractivity contribution in [2.45, 2.75) is 52.7 Å². The van der Waals surface area contributed by atoms with Gasteiger partial charge in [0.05, 0.1) is 28.9 Å². The van der Waals surface area contributed by atoms with Crippen molar-refractivity contribution in [2.75, 3.05) is 13.2 Å². The van der Waals surface area contributed by atoms with Gasteiger partial charge in [-0.3, -0.25) is 4.79 Å². The van der Waals surface area contributed by atoms with E-state index in [9.17, 15) is 4.79 Å². The number of fused-ring (bicyclic) bond motifs is 1. The van der Waals surface area contributed by atoms with E-state index in [0.717, 1.165) is 41.7 Å². The van der Waals surface area contributed by atoms with Crippen LogP contribution in [0.5, 0.6) is 0 Å². The van der Waals surface area contributed by atoms with E-state index in [0.29, 0.717) is 12.1 Å². The normalized spacial score (nSPS) is 17.0. The standard InChI is InChI=1S/C21H26N4O2S/c1-12(2)25-20-18(11-23-25)17(21(26)22-10-15-6-5-7-27-15)9-19(24-20)16-8-13(3)28-14(16)4/h8-9,11-12,15H,5-7,10H2,1-4H3,(H,22,26)/t15-/m0/s1. The van der Waals surface area contributed by atoms with Crippen molar-refractivity contribution in [1.29, 1.82) is 0 Å². The average molecular weight is 399 g/mol. The second-order valence-electron chi connectivity index (χ2n) is 7.65. The summed E-state index contributed by atoms with van der Waals surface area (Å²) in [4.78, 5) is 20.4. The predicted octanol–water partition coefficient (Wildman–Crippen LogP) is 4.27. The van der Waals surface area contributed by atoms with Crippen molar-refractivity contribution in [3.05, 3.63) is 33.6 Å². The Kier molecular flexibility index (Phi) is 5.21. The Morgan fingerprint density at radius 3 is 2.86 bits per heavy atom. The minimum absolute atomic E-state index is 0.0999. The molecule has 1 atom stereocenters. The molecule has 0 aliphatic carbocycles. The minimum atomic E-state index is -0.0999. The Hall–Kier alpha value is -2.25.